The van der Waals surface area contributed by atoms with Crippen molar-refractivity contribution in [2.24, 2.45) is 0 Å². The van der Waals surface area contributed by atoms with Crippen molar-refractivity contribution in [1.29, 1.82) is 0 Å². The molecule has 0 aliphatic heterocycles. The van der Waals surface area contributed by atoms with Crippen LogP contribution in [0.4, 0.5) is 23.1 Å². The molecule has 2 aromatic carbocycles. The van der Waals surface area contributed by atoms with Crippen LogP contribution in [0.25, 0.3) is 0 Å². The van der Waals surface area contributed by atoms with Crippen LogP contribution in [0.5, 0.6) is 5.75 Å². The van der Waals surface area contributed by atoms with Gasteiger partial charge in [0, 0.05) is 5.69 Å². The van der Waals surface area contributed by atoms with Gasteiger partial charge in [-0.05, 0) is 62.2 Å². The Balaban J connectivity index is 1.76. The van der Waals surface area contributed by atoms with Gasteiger partial charge in [-0.2, -0.15) is 10.1 Å². The van der Waals surface area contributed by atoms with Gasteiger partial charge in [-0.25, -0.2) is 0 Å². The smallest absolute Gasteiger partial charge is 0.249 e. The lowest BCUT2D eigenvalue weighted by atomic mass is 10.1. The lowest BCUT2D eigenvalue weighted by Crippen LogP contribution is -2.04. The molecule has 134 valence electrons. The van der Waals surface area contributed by atoms with Crippen LogP contribution in [-0.4, -0.2) is 21.8 Å². The minimum absolute atomic E-state index is 0.370. The Kier molecular flexibility index (Phi) is 5.53. The zero-order valence-corrected chi connectivity index (χ0v) is 15.6. The normalized spacial score (nSPS) is 10.5. The summed E-state index contributed by atoms with van der Waals surface area (Å²) in [6.45, 7) is 6.58. The van der Waals surface area contributed by atoms with Crippen molar-refractivity contribution in [3.8, 4) is 5.75 Å². The number of nitrogens with one attached hydrogen (secondary N) is 2. The van der Waals surface area contributed by atoms with Crippen molar-refractivity contribution in [3.63, 3.8) is 0 Å². The van der Waals surface area contributed by atoms with E-state index in [1.807, 2.05) is 57.2 Å². The van der Waals surface area contributed by atoms with Gasteiger partial charge in [-0.15, -0.1) is 5.10 Å². The predicted molar refractivity (Wildman–Crippen MR) is 105 cm³/mol. The molecule has 0 radical (unpaired) electrons. The Labute approximate surface area is 157 Å². The average Bonchev–Trinajstić information content (AvgIpc) is 2.60. The van der Waals surface area contributed by atoms with E-state index in [0.717, 1.165) is 28.3 Å². The molecule has 7 heteroatoms. The fourth-order valence-corrected chi connectivity index (χ4v) is 2.92. The Morgan fingerprint density at radius 3 is 2.54 bits per heavy atom. The number of ether oxygens (including phenoxy) is 1. The largest absolute Gasteiger partial charge is 0.494 e. The summed E-state index contributed by atoms with van der Waals surface area (Å²) >= 11 is 6.33. The average molecular weight is 370 g/mol. The van der Waals surface area contributed by atoms with E-state index >= 15 is 0 Å². The number of benzene rings is 2. The van der Waals surface area contributed by atoms with Gasteiger partial charge in [0.2, 0.25) is 5.95 Å². The van der Waals surface area contributed by atoms with Crippen molar-refractivity contribution >= 4 is 34.7 Å². The van der Waals surface area contributed by atoms with E-state index in [9.17, 15) is 0 Å². The quantitative estimate of drug-likeness (QED) is 0.635. The summed E-state index contributed by atoms with van der Waals surface area (Å²) in [7, 11) is 0. The number of aromatic nitrogens is 3. The lowest BCUT2D eigenvalue weighted by molar-refractivity contribution is 0.340. The maximum atomic E-state index is 6.33. The monoisotopic (exact) mass is 369 g/mol. The third-order valence-electron chi connectivity index (χ3n) is 3.67. The number of halogens is 1. The molecule has 6 nitrogen and oxygen atoms in total. The number of aryl methyl sites for hydroxylation is 2. The zero-order valence-electron chi connectivity index (χ0n) is 14.9. The Morgan fingerprint density at radius 1 is 1.08 bits per heavy atom. The van der Waals surface area contributed by atoms with E-state index in [0.29, 0.717) is 23.4 Å². The topological polar surface area (TPSA) is 72.0 Å². The molecule has 0 aliphatic carbocycles. The fourth-order valence-electron chi connectivity index (χ4n) is 2.55. The summed E-state index contributed by atoms with van der Waals surface area (Å²) in [6, 6.07) is 11.6. The summed E-state index contributed by atoms with van der Waals surface area (Å²) in [4.78, 5) is 4.44. The fraction of sp³-hybridized carbons (Fsp3) is 0.211. The molecule has 0 saturated carbocycles. The Bertz CT molecular complexity index is 876. The van der Waals surface area contributed by atoms with E-state index in [-0.39, 0.29) is 0 Å². The second kappa shape index (κ2) is 8.01. The minimum atomic E-state index is 0.370. The SMILES string of the molecule is CCOc1ccc(Nc2cnnc(Nc3c(C)cc(C)cc3Cl)n2)cc1. The third-order valence-corrected chi connectivity index (χ3v) is 3.96. The third kappa shape index (κ3) is 4.40. The highest BCUT2D eigenvalue weighted by atomic mass is 35.5. The van der Waals surface area contributed by atoms with Gasteiger partial charge < -0.3 is 15.4 Å². The van der Waals surface area contributed by atoms with Crippen LogP contribution < -0.4 is 15.4 Å². The number of anilines is 4. The first kappa shape index (κ1) is 17.9. The van der Waals surface area contributed by atoms with E-state index < -0.39 is 0 Å². The molecule has 0 aliphatic rings. The molecule has 0 bridgehead atoms. The Hall–Kier alpha value is -2.86. The zero-order chi connectivity index (χ0) is 18.5. The second-order valence-electron chi connectivity index (χ2n) is 5.81. The summed E-state index contributed by atoms with van der Waals surface area (Å²) in [6.07, 6.45) is 1.56. The summed E-state index contributed by atoms with van der Waals surface area (Å²) < 4.78 is 5.44. The molecule has 1 heterocycles. The highest BCUT2D eigenvalue weighted by molar-refractivity contribution is 6.33. The molecule has 0 amide bonds. The van der Waals surface area contributed by atoms with Crippen molar-refractivity contribution in [2.45, 2.75) is 20.8 Å². The van der Waals surface area contributed by atoms with Crippen LogP contribution in [0, 0.1) is 13.8 Å². The van der Waals surface area contributed by atoms with Gasteiger partial charge in [-0.3, -0.25) is 0 Å². The van der Waals surface area contributed by atoms with Crippen molar-refractivity contribution in [3.05, 3.63) is 58.7 Å². The number of nitrogens with zero attached hydrogens (tertiary/aromatic N) is 3. The van der Waals surface area contributed by atoms with Crippen LogP contribution in [0.15, 0.2) is 42.6 Å². The Morgan fingerprint density at radius 2 is 1.85 bits per heavy atom. The van der Waals surface area contributed by atoms with Gasteiger partial charge in [0.1, 0.15) is 5.75 Å². The van der Waals surface area contributed by atoms with Crippen molar-refractivity contribution < 1.29 is 4.74 Å². The molecule has 3 aromatic rings. The highest BCUT2D eigenvalue weighted by Gasteiger charge is 2.08. The molecular weight excluding hydrogens is 350 g/mol. The number of rotatable bonds is 6. The van der Waals surface area contributed by atoms with Gasteiger partial charge in [0.25, 0.3) is 0 Å². The van der Waals surface area contributed by atoms with Crippen LogP contribution in [-0.2, 0) is 0 Å². The van der Waals surface area contributed by atoms with Gasteiger partial charge >= 0.3 is 0 Å². The minimum Gasteiger partial charge on any atom is -0.494 e. The second-order valence-corrected chi connectivity index (χ2v) is 6.22. The van der Waals surface area contributed by atoms with E-state index in [1.165, 1.54) is 0 Å². The molecular formula is C19H20ClN5O. The van der Waals surface area contributed by atoms with Crippen LogP contribution in [0.2, 0.25) is 5.02 Å². The predicted octanol–water partition coefficient (Wildman–Crippen LogP) is 5.03. The van der Waals surface area contributed by atoms with E-state index in [2.05, 4.69) is 25.8 Å². The summed E-state index contributed by atoms with van der Waals surface area (Å²) in [5, 5.41) is 15.0. The van der Waals surface area contributed by atoms with Crippen LogP contribution >= 0.6 is 11.6 Å². The van der Waals surface area contributed by atoms with Crippen LogP contribution in [0.3, 0.4) is 0 Å². The molecule has 1 aromatic heterocycles. The van der Waals surface area contributed by atoms with Crippen molar-refractivity contribution in [1.82, 2.24) is 15.2 Å². The standard InChI is InChI=1S/C19H20ClN5O/c1-4-26-15-7-5-14(6-8-15)22-17-11-21-25-19(23-17)24-18-13(3)9-12(2)10-16(18)20/h5-11H,4H2,1-3H3,(H2,22,23,24,25). The highest BCUT2D eigenvalue weighted by Crippen LogP contribution is 2.29. The van der Waals surface area contributed by atoms with Gasteiger partial charge in [-0.1, -0.05) is 17.7 Å². The molecule has 0 spiro atoms. The summed E-state index contributed by atoms with van der Waals surface area (Å²) in [5.41, 5.74) is 3.77. The first-order chi connectivity index (χ1) is 12.5. The van der Waals surface area contributed by atoms with E-state index in [4.69, 9.17) is 16.3 Å². The molecule has 3 rings (SSSR count). The molecule has 2 N–H and O–H groups in total. The number of hydrogen-bond acceptors (Lipinski definition) is 6. The van der Waals surface area contributed by atoms with Crippen molar-refractivity contribution in [2.75, 3.05) is 17.2 Å². The first-order valence-electron chi connectivity index (χ1n) is 8.28. The summed E-state index contributed by atoms with van der Waals surface area (Å²) in [5.74, 6) is 1.77. The molecule has 0 atom stereocenters. The van der Waals surface area contributed by atoms with Crippen LogP contribution in [0.1, 0.15) is 18.1 Å². The van der Waals surface area contributed by atoms with E-state index in [1.54, 1.807) is 6.20 Å². The van der Waals surface area contributed by atoms with Gasteiger partial charge in [0.15, 0.2) is 5.82 Å². The lowest BCUT2D eigenvalue weighted by Gasteiger charge is -2.12. The molecule has 0 fully saturated rings. The molecule has 0 unspecified atom stereocenters. The first-order valence-corrected chi connectivity index (χ1v) is 8.66. The molecule has 0 saturated heterocycles. The van der Waals surface area contributed by atoms with Gasteiger partial charge in [0.05, 0.1) is 23.5 Å². The number of hydrogen-bond donors (Lipinski definition) is 2. The molecule has 26 heavy (non-hydrogen) atoms. The maximum absolute atomic E-state index is 6.33. The maximum Gasteiger partial charge on any atom is 0.249 e.